The van der Waals surface area contributed by atoms with Crippen molar-refractivity contribution in [3.8, 4) is 0 Å². The predicted octanol–water partition coefficient (Wildman–Crippen LogP) is 0.0295. The summed E-state index contributed by atoms with van der Waals surface area (Å²) in [5.41, 5.74) is 10.3. The molecule has 0 saturated carbocycles. The van der Waals surface area contributed by atoms with Crippen molar-refractivity contribution in [3.63, 3.8) is 0 Å². The van der Waals surface area contributed by atoms with Crippen LogP contribution in [0, 0.1) is 6.92 Å². The summed E-state index contributed by atoms with van der Waals surface area (Å²) in [7, 11) is 0. The largest absolute Gasteiger partial charge is 0.481 e. The van der Waals surface area contributed by atoms with Crippen molar-refractivity contribution in [1.29, 1.82) is 0 Å². The molecule has 0 saturated heterocycles. The number of carboxylic acids is 2. The lowest BCUT2D eigenvalue weighted by atomic mass is 10.3. The summed E-state index contributed by atoms with van der Waals surface area (Å²) in [5.74, 6) is -1.47. The summed E-state index contributed by atoms with van der Waals surface area (Å²) in [6.07, 6.45) is 3.19. The Hall–Kier alpha value is -1.22. The average molecular weight is 335 g/mol. The van der Waals surface area contributed by atoms with Crippen molar-refractivity contribution in [1.82, 2.24) is 10.6 Å². The molecule has 8 N–H and O–H groups in total. The van der Waals surface area contributed by atoms with Gasteiger partial charge in [0.2, 0.25) is 0 Å². The first-order chi connectivity index (χ1) is 11.0. The average Bonchev–Trinajstić information content (AvgIpc) is 2.51. The van der Waals surface area contributed by atoms with Gasteiger partial charge < -0.3 is 32.3 Å². The number of aliphatic carboxylic acids is 2. The number of unbranched alkanes of at least 4 members (excludes halogenated alkanes) is 1. The van der Waals surface area contributed by atoms with Gasteiger partial charge in [0.1, 0.15) is 0 Å². The summed E-state index contributed by atoms with van der Waals surface area (Å²) in [6, 6.07) is 0. The maximum absolute atomic E-state index is 9.89. The van der Waals surface area contributed by atoms with Gasteiger partial charge in [0.05, 0.1) is 6.42 Å². The molecule has 0 bridgehead atoms. The van der Waals surface area contributed by atoms with Crippen molar-refractivity contribution in [2.75, 3.05) is 39.3 Å². The van der Waals surface area contributed by atoms with E-state index in [0.29, 0.717) is 26.1 Å². The molecule has 23 heavy (non-hydrogen) atoms. The Morgan fingerprint density at radius 3 is 1.70 bits per heavy atom. The lowest BCUT2D eigenvalue weighted by molar-refractivity contribution is -0.138. The Labute approximate surface area is 140 Å². The highest BCUT2D eigenvalue weighted by Crippen LogP contribution is 1.91. The SMILES string of the molecule is CCCCC(=O)O.NCCNCCC(=O)O.[CH2]CCNCCN. The Bertz CT molecular complexity index is 250. The van der Waals surface area contributed by atoms with E-state index in [1.165, 1.54) is 0 Å². The van der Waals surface area contributed by atoms with E-state index in [-0.39, 0.29) is 6.42 Å². The second-order valence-electron chi connectivity index (χ2n) is 4.57. The molecule has 0 rings (SSSR count). The fourth-order valence-electron chi connectivity index (χ4n) is 1.10. The van der Waals surface area contributed by atoms with Gasteiger partial charge in [-0.1, -0.05) is 20.3 Å². The van der Waals surface area contributed by atoms with Crippen LogP contribution in [0.2, 0.25) is 0 Å². The van der Waals surface area contributed by atoms with Gasteiger partial charge in [-0.2, -0.15) is 0 Å². The third kappa shape index (κ3) is 44.9. The molecule has 0 heterocycles. The molecule has 8 heteroatoms. The first-order valence-corrected chi connectivity index (χ1v) is 8.00. The summed E-state index contributed by atoms with van der Waals surface area (Å²) >= 11 is 0. The van der Waals surface area contributed by atoms with Crippen LogP contribution in [0.4, 0.5) is 0 Å². The third-order valence-corrected chi connectivity index (χ3v) is 2.26. The first-order valence-electron chi connectivity index (χ1n) is 8.00. The van der Waals surface area contributed by atoms with Gasteiger partial charge in [0, 0.05) is 39.1 Å². The smallest absolute Gasteiger partial charge is 0.304 e. The molecule has 0 spiro atoms. The van der Waals surface area contributed by atoms with Crippen LogP contribution in [0.3, 0.4) is 0 Å². The van der Waals surface area contributed by atoms with Gasteiger partial charge >= 0.3 is 11.9 Å². The van der Waals surface area contributed by atoms with Crippen molar-refractivity contribution in [3.05, 3.63) is 6.92 Å². The number of nitrogens with one attached hydrogen (secondary N) is 2. The fraction of sp³-hybridized carbons (Fsp3) is 0.800. The monoisotopic (exact) mass is 335 g/mol. The van der Waals surface area contributed by atoms with E-state index in [1.54, 1.807) is 0 Å². The summed E-state index contributed by atoms with van der Waals surface area (Å²) in [4.78, 5) is 19.6. The normalized spacial score (nSPS) is 9.22. The van der Waals surface area contributed by atoms with Gasteiger partial charge in [0.15, 0.2) is 0 Å². The lowest BCUT2D eigenvalue weighted by Gasteiger charge is -1.97. The van der Waals surface area contributed by atoms with Crippen LogP contribution in [0.25, 0.3) is 0 Å². The molecular weight excluding hydrogens is 300 g/mol. The minimum atomic E-state index is -0.778. The summed E-state index contributed by atoms with van der Waals surface area (Å²) < 4.78 is 0. The highest BCUT2D eigenvalue weighted by molar-refractivity contribution is 5.67. The third-order valence-electron chi connectivity index (χ3n) is 2.26. The van der Waals surface area contributed by atoms with E-state index in [1.807, 2.05) is 6.92 Å². The molecule has 0 amide bonds. The molecule has 0 atom stereocenters. The molecule has 139 valence electrons. The summed E-state index contributed by atoms with van der Waals surface area (Å²) in [6.45, 7) is 10.00. The van der Waals surface area contributed by atoms with Gasteiger partial charge in [-0.05, 0) is 19.4 Å². The maximum atomic E-state index is 9.89. The number of carboxylic acid groups (broad SMARTS) is 2. The number of hydrogen-bond acceptors (Lipinski definition) is 6. The molecule has 0 aromatic heterocycles. The lowest BCUT2D eigenvalue weighted by Crippen LogP contribution is -2.24. The molecule has 0 aromatic rings. The predicted molar refractivity (Wildman–Crippen MR) is 93.2 cm³/mol. The van der Waals surface area contributed by atoms with Gasteiger partial charge in [-0.3, -0.25) is 9.59 Å². The van der Waals surface area contributed by atoms with Gasteiger partial charge in [0.25, 0.3) is 0 Å². The van der Waals surface area contributed by atoms with Crippen LogP contribution in [0.1, 0.15) is 39.0 Å². The van der Waals surface area contributed by atoms with Crippen molar-refractivity contribution in [2.24, 2.45) is 11.5 Å². The molecular formula is C15H35N4O4. The quantitative estimate of drug-likeness (QED) is 0.273. The van der Waals surface area contributed by atoms with Gasteiger partial charge in [-0.25, -0.2) is 0 Å². The summed E-state index contributed by atoms with van der Waals surface area (Å²) in [5, 5.41) is 22.1. The zero-order valence-electron chi connectivity index (χ0n) is 14.4. The zero-order valence-corrected chi connectivity index (χ0v) is 14.4. The van der Waals surface area contributed by atoms with Crippen molar-refractivity contribution < 1.29 is 19.8 Å². The second-order valence-corrected chi connectivity index (χ2v) is 4.57. The fourth-order valence-corrected chi connectivity index (χ4v) is 1.10. The number of carbonyl (C=O) groups is 2. The van der Waals surface area contributed by atoms with E-state index < -0.39 is 11.9 Å². The standard InChI is InChI=1S/C5H12N2O2.C5H13N2.C5H10O2/c6-2-4-7-3-1-5(8)9;1-2-4-7-5-3-6;1-2-3-4-5(6)7/h7H,1-4,6H2,(H,8,9);7H,1-6H2;2-4H2,1H3,(H,6,7). The van der Waals surface area contributed by atoms with Gasteiger partial charge in [-0.15, -0.1) is 0 Å². The van der Waals surface area contributed by atoms with Crippen LogP contribution >= 0.6 is 0 Å². The van der Waals surface area contributed by atoms with E-state index in [0.717, 1.165) is 38.9 Å². The first kappa shape index (κ1) is 26.7. The van der Waals surface area contributed by atoms with E-state index in [9.17, 15) is 9.59 Å². The number of nitrogens with two attached hydrogens (primary N) is 2. The Morgan fingerprint density at radius 2 is 1.39 bits per heavy atom. The minimum absolute atomic E-state index is 0.167. The van der Waals surface area contributed by atoms with E-state index >= 15 is 0 Å². The molecule has 0 unspecified atom stereocenters. The van der Waals surface area contributed by atoms with Crippen molar-refractivity contribution >= 4 is 11.9 Å². The van der Waals surface area contributed by atoms with Crippen LogP contribution < -0.4 is 22.1 Å². The minimum Gasteiger partial charge on any atom is -0.481 e. The molecule has 0 aliphatic rings. The van der Waals surface area contributed by atoms with E-state index in [2.05, 4.69) is 17.6 Å². The number of rotatable bonds is 12. The van der Waals surface area contributed by atoms with Crippen LogP contribution in [-0.2, 0) is 9.59 Å². The Morgan fingerprint density at radius 1 is 0.913 bits per heavy atom. The topological polar surface area (TPSA) is 151 Å². The molecule has 0 aliphatic carbocycles. The molecule has 1 radical (unpaired) electrons. The zero-order chi connectivity index (χ0) is 18.3. The highest BCUT2D eigenvalue weighted by atomic mass is 16.4. The van der Waals surface area contributed by atoms with Crippen LogP contribution in [-0.4, -0.2) is 61.4 Å². The molecule has 8 nitrogen and oxygen atoms in total. The second kappa shape index (κ2) is 25.7. The molecule has 0 aromatic carbocycles. The molecule has 0 aliphatic heterocycles. The van der Waals surface area contributed by atoms with Crippen LogP contribution in [0.5, 0.6) is 0 Å². The maximum Gasteiger partial charge on any atom is 0.304 e. The molecule has 0 fully saturated rings. The Kier molecular flexibility index (Phi) is 29.8. The van der Waals surface area contributed by atoms with E-state index in [4.69, 9.17) is 21.7 Å². The van der Waals surface area contributed by atoms with Crippen LogP contribution in [0.15, 0.2) is 0 Å². The number of hydrogen-bond donors (Lipinski definition) is 6. The van der Waals surface area contributed by atoms with Crippen molar-refractivity contribution in [2.45, 2.75) is 39.0 Å². The Balaban J connectivity index is -0.000000264. The highest BCUT2D eigenvalue weighted by Gasteiger charge is 1.93.